The average molecular weight is 289 g/mol. The molecule has 0 saturated heterocycles. The van der Waals surface area contributed by atoms with Crippen molar-refractivity contribution in [3.8, 4) is 5.75 Å². The van der Waals surface area contributed by atoms with Gasteiger partial charge >= 0.3 is 83.9 Å². The van der Waals surface area contributed by atoms with Crippen LogP contribution in [0, 0.1) is 20.8 Å². The van der Waals surface area contributed by atoms with Crippen molar-refractivity contribution in [3.05, 3.63) is 17.2 Å². The molecule has 0 aliphatic heterocycles. The molecule has 0 bridgehead atoms. The van der Waals surface area contributed by atoms with Gasteiger partial charge in [-0.2, -0.15) is 0 Å². The van der Waals surface area contributed by atoms with Gasteiger partial charge in [0.2, 0.25) is 0 Å². The molecule has 0 saturated carbocycles. The van der Waals surface area contributed by atoms with Crippen LogP contribution in [0.1, 0.15) is 17.2 Å². The molecule has 1 aromatic heterocycles. The van der Waals surface area contributed by atoms with Gasteiger partial charge < -0.3 is 0 Å². The summed E-state index contributed by atoms with van der Waals surface area (Å²) in [5.74, 6) is 0.980. The summed E-state index contributed by atoms with van der Waals surface area (Å²) in [7, 11) is 0. The number of aromatic nitrogens is 2. The van der Waals surface area contributed by atoms with Gasteiger partial charge in [-0.25, -0.2) is 0 Å². The maximum atomic E-state index is 10.6. The van der Waals surface area contributed by atoms with Crippen LogP contribution in [0.5, 0.6) is 5.75 Å². The van der Waals surface area contributed by atoms with Crippen LogP contribution >= 0.6 is 0 Å². The molecule has 0 unspecified atom stereocenters. The number of hydrogen-bond acceptors (Lipinski definition) is 4. The van der Waals surface area contributed by atoms with E-state index >= 15 is 0 Å². The SMILES string of the molecule is Cc1nc(C)c([O][Sn](=[O])[OH])c(C)n1. The number of aryl methyl sites for hydroxylation is 3. The Morgan fingerprint density at radius 2 is 1.69 bits per heavy atom. The van der Waals surface area contributed by atoms with Gasteiger partial charge in [0, 0.05) is 0 Å². The maximum absolute atomic E-state index is 10.6. The van der Waals surface area contributed by atoms with Gasteiger partial charge in [0.15, 0.2) is 0 Å². The van der Waals surface area contributed by atoms with Crippen molar-refractivity contribution >= 4 is 20.6 Å². The summed E-state index contributed by atoms with van der Waals surface area (Å²) in [4.78, 5) is 8.07. The first-order valence-electron chi connectivity index (χ1n) is 3.73. The first-order chi connectivity index (χ1) is 6.00. The zero-order chi connectivity index (χ0) is 10.0. The van der Waals surface area contributed by atoms with Crippen LogP contribution in [-0.2, 0) is 3.08 Å². The Morgan fingerprint density at radius 3 is 2.08 bits per heavy atom. The molecule has 0 aliphatic carbocycles. The normalized spacial score (nSPS) is 9.85. The Labute approximate surface area is 84.0 Å². The molecule has 0 fully saturated rings. The second kappa shape index (κ2) is 4.10. The van der Waals surface area contributed by atoms with Crippen LogP contribution in [0.4, 0.5) is 0 Å². The summed E-state index contributed by atoms with van der Waals surface area (Å²) in [5, 5.41) is 0. The molecule has 6 heteroatoms. The number of nitrogens with zero attached hydrogens (tertiary/aromatic N) is 2. The zero-order valence-electron chi connectivity index (χ0n) is 7.66. The van der Waals surface area contributed by atoms with Crippen molar-refractivity contribution in [1.29, 1.82) is 0 Å². The van der Waals surface area contributed by atoms with Gasteiger partial charge in [-0.15, -0.1) is 0 Å². The van der Waals surface area contributed by atoms with E-state index in [1.54, 1.807) is 20.8 Å². The second-order valence-electron chi connectivity index (χ2n) is 2.64. The van der Waals surface area contributed by atoms with Gasteiger partial charge in [0.05, 0.1) is 0 Å². The Morgan fingerprint density at radius 1 is 1.23 bits per heavy atom. The molecular weight excluding hydrogens is 279 g/mol. The topological polar surface area (TPSA) is 72.3 Å². The van der Waals surface area contributed by atoms with Crippen molar-refractivity contribution in [1.82, 2.24) is 9.97 Å². The summed E-state index contributed by atoms with van der Waals surface area (Å²) in [6, 6.07) is 0. The molecule has 1 aromatic rings. The van der Waals surface area contributed by atoms with E-state index in [2.05, 4.69) is 9.97 Å². The third-order valence-corrected chi connectivity index (χ3v) is 2.59. The summed E-state index contributed by atoms with van der Waals surface area (Å²) in [6.07, 6.45) is 0. The Kier molecular flexibility index (Phi) is 3.32. The quantitative estimate of drug-likeness (QED) is 0.787. The number of rotatable bonds is 2. The minimum absolute atomic E-state index is 0.345. The van der Waals surface area contributed by atoms with E-state index in [0.717, 1.165) is 0 Å². The first-order valence-corrected chi connectivity index (χ1v) is 7.34. The zero-order valence-corrected chi connectivity index (χ0v) is 10.5. The Balaban J connectivity index is 3.13. The van der Waals surface area contributed by atoms with Crippen LogP contribution in [0.15, 0.2) is 0 Å². The fourth-order valence-corrected chi connectivity index (χ4v) is 2.45. The molecule has 0 aliphatic rings. The van der Waals surface area contributed by atoms with Crippen LogP contribution in [-0.4, -0.2) is 34.0 Å². The molecule has 0 radical (unpaired) electrons. The fourth-order valence-electron chi connectivity index (χ4n) is 1.11. The molecular formula is C7H10N2O3Sn. The van der Waals surface area contributed by atoms with Gasteiger partial charge in [-0.1, -0.05) is 0 Å². The van der Waals surface area contributed by atoms with Crippen LogP contribution < -0.4 is 3.07 Å². The third kappa shape index (κ3) is 2.70. The van der Waals surface area contributed by atoms with E-state index in [9.17, 15) is 3.08 Å². The van der Waals surface area contributed by atoms with Crippen molar-refractivity contribution < 1.29 is 9.59 Å². The van der Waals surface area contributed by atoms with Crippen LogP contribution in [0.25, 0.3) is 0 Å². The van der Waals surface area contributed by atoms with Crippen molar-refractivity contribution in [2.24, 2.45) is 0 Å². The predicted octanol–water partition coefficient (Wildman–Crippen LogP) is 0.188. The molecule has 1 N–H and O–H groups in total. The van der Waals surface area contributed by atoms with Gasteiger partial charge in [-0.05, 0) is 0 Å². The van der Waals surface area contributed by atoms with Gasteiger partial charge in [0.25, 0.3) is 0 Å². The molecule has 0 amide bonds. The summed E-state index contributed by atoms with van der Waals surface area (Å²) < 4.78 is 24.1. The van der Waals surface area contributed by atoms with E-state index in [1.807, 2.05) is 0 Å². The summed E-state index contributed by atoms with van der Waals surface area (Å²) >= 11 is -3.81. The van der Waals surface area contributed by atoms with E-state index in [0.29, 0.717) is 23.0 Å². The first kappa shape index (κ1) is 10.5. The molecule has 0 spiro atoms. The average Bonchev–Trinajstić information content (AvgIpc) is 1.96. The van der Waals surface area contributed by atoms with Gasteiger partial charge in [0.1, 0.15) is 0 Å². The predicted molar refractivity (Wildman–Crippen MR) is 45.5 cm³/mol. The van der Waals surface area contributed by atoms with E-state index < -0.39 is 20.6 Å². The Bertz CT molecular complexity index is 331. The van der Waals surface area contributed by atoms with Crippen molar-refractivity contribution in [3.63, 3.8) is 0 Å². The molecule has 0 atom stereocenters. The standard InChI is InChI=1S/C7H10N2O.H2O.O.Sn/c1-4-7(10)5(2)9-6(3)8-4;;;/h10H,1-3H3;1H2;;/q;;;+2/p-2. The van der Waals surface area contributed by atoms with Crippen LogP contribution in [0.2, 0.25) is 0 Å². The van der Waals surface area contributed by atoms with Crippen molar-refractivity contribution in [2.75, 3.05) is 0 Å². The van der Waals surface area contributed by atoms with Crippen molar-refractivity contribution in [2.45, 2.75) is 20.8 Å². The molecule has 0 aromatic carbocycles. The minimum atomic E-state index is -3.81. The van der Waals surface area contributed by atoms with E-state index in [1.165, 1.54) is 0 Å². The number of hydrogen-bond donors (Lipinski definition) is 1. The Hall–Kier alpha value is -0.561. The van der Waals surface area contributed by atoms with Gasteiger partial charge in [-0.3, -0.25) is 0 Å². The van der Waals surface area contributed by atoms with E-state index in [4.69, 9.17) is 6.52 Å². The molecule has 1 heterocycles. The monoisotopic (exact) mass is 290 g/mol. The summed E-state index contributed by atoms with van der Waals surface area (Å²) in [6.45, 7) is 5.21. The molecule has 70 valence electrons. The molecule has 13 heavy (non-hydrogen) atoms. The van der Waals surface area contributed by atoms with E-state index in [-0.39, 0.29) is 0 Å². The third-order valence-electron chi connectivity index (χ3n) is 1.51. The summed E-state index contributed by atoms with van der Waals surface area (Å²) in [5.41, 5.74) is 1.21. The molecule has 1 rings (SSSR count). The molecule has 5 nitrogen and oxygen atoms in total. The van der Waals surface area contributed by atoms with Crippen LogP contribution in [0.3, 0.4) is 0 Å². The fraction of sp³-hybridized carbons (Fsp3) is 0.429. The second-order valence-corrected chi connectivity index (χ2v) is 4.74.